The second kappa shape index (κ2) is 7.09. The second-order valence-corrected chi connectivity index (χ2v) is 7.22. The van der Waals surface area contributed by atoms with Crippen molar-refractivity contribution in [1.29, 1.82) is 0 Å². The number of aryl methyl sites for hydroxylation is 3. The molecule has 2 aromatic carbocycles. The van der Waals surface area contributed by atoms with Gasteiger partial charge in [0.25, 0.3) is 0 Å². The molecule has 0 bridgehead atoms. The Labute approximate surface area is 154 Å². The molecule has 0 saturated carbocycles. The van der Waals surface area contributed by atoms with E-state index in [0.29, 0.717) is 18.1 Å². The van der Waals surface area contributed by atoms with Gasteiger partial charge in [-0.25, -0.2) is 4.79 Å². The van der Waals surface area contributed by atoms with Crippen LogP contribution in [0.25, 0.3) is 0 Å². The van der Waals surface area contributed by atoms with E-state index < -0.39 is 0 Å². The van der Waals surface area contributed by atoms with Crippen molar-refractivity contribution in [3.63, 3.8) is 0 Å². The summed E-state index contributed by atoms with van der Waals surface area (Å²) >= 11 is 6.26. The Morgan fingerprint density at radius 3 is 2.52 bits per heavy atom. The Kier molecular flexibility index (Phi) is 5.05. The molecular weight excluding hydrogens is 334 g/mol. The topological polar surface area (TPSA) is 38.3 Å². The van der Waals surface area contributed by atoms with E-state index in [2.05, 4.69) is 38.2 Å². The minimum Gasteiger partial charge on any atom is -0.464 e. The molecule has 25 heavy (non-hydrogen) atoms. The monoisotopic (exact) mass is 357 g/mol. The molecule has 1 heterocycles. The first kappa shape index (κ1) is 17.8. The van der Waals surface area contributed by atoms with Crippen molar-refractivity contribution in [2.75, 3.05) is 11.9 Å². The highest BCUT2D eigenvalue weighted by Crippen LogP contribution is 2.42. The SMILES string of the molecule is CCOC(=O)C1CC(c2c(C)cc(C)cc2C)c2cc(Cl)ccc2N1. The largest absolute Gasteiger partial charge is 0.464 e. The molecule has 1 aliphatic rings. The summed E-state index contributed by atoms with van der Waals surface area (Å²) in [5, 5.41) is 4.04. The van der Waals surface area contributed by atoms with Crippen molar-refractivity contribution in [3.05, 3.63) is 63.2 Å². The van der Waals surface area contributed by atoms with Gasteiger partial charge in [-0.2, -0.15) is 0 Å². The molecule has 132 valence electrons. The van der Waals surface area contributed by atoms with Gasteiger partial charge in [0.15, 0.2) is 0 Å². The number of carbonyl (C=O) groups is 1. The van der Waals surface area contributed by atoms with Crippen LogP contribution in [0, 0.1) is 20.8 Å². The fourth-order valence-corrected chi connectivity index (χ4v) is 4.16. The van der Waals surface area contributed by atoms with Crippen LogP contribution in [0.15, 0.2) is 30.3 Å². The van der Waals surface area contributed by atoms with E-state index in [1.54, 1.807) is 0 Å². The molecule has 2 aromatic rings. The summed E-state index contributed by atoms with van der Waals surface area (Å²) in [5.74, 6) is -0.0829. The first-order chi connectivity index (χ1) is 11.9. The Hall–Kier alpha value is -2.00. The van der Waals surface area contributed by atoms with E-state index in [4.69, 9.17) is 16.3 Å². The molecule has 0 radical (unpaired) electrons. The Morgan fingerprint density at radius 1 is 1.20 bits per heavy atom. The van der Waals surface area contributed by atoms with E-state index in [1.807, 2.05) is 25.1 Å². The van der Waals surface area contributed by atoms with Crippen molar-refractivity contribution in [1.82, 2.24) is 0 Å². The number of rotatable bonds is 3. The summed E-state index contributed by atoms with van der Waals surface area (Å²) in [6.07, 6.45) is 0.664. The fourth-order valence-electron chi connectivity index (χ4n) is 3.97. The lowest BCUT2D eigenvalue weighted by atomic mass is 9.78. The third-order valence-electron chi connectivity index (χ3n) is 4.85. The highest BCUT2D eigenvalue weighted by Gasteiger charge is 2.34. The summed E-state index contributed by atoms with van der Waals surface area (Å²) in [6, 6.07) is 9.87. The van der Waals surface area contributed by atoms with Crippen LogP contribution >= 0.6 is 11.6 Å². The van der Waals surface area contributed by atoms with Gasteiger partial charge in [0.05, 0.1) is 6.61 Å². The van der Waals surface area contributed by atoms with Crippen LogP contribution in [-0.4, -0.2) is 18.6 Å². The van der Waals surface area contributed by atoms with Crippen molar-refractivity contribution in [2.45, 2.75) is 46.1 Å². The van der Waals surface area contributed by atoms with Gasteiger partial charge >= 0.3 is 5.97 Å². The molecule has 3 rings (SSSR count). The average Bonchev–Trinajstić information content (AvgIpc) is 2.54. The number of halogens is 1. The third-order valence-corrected chi connectivity index (χ3v) is 5.08. The predicted molar refractivity (Wildman–Crippen MR) is 103 cm³/mol. The molecule has 0 fully saturated rings. The van der Waals surface area contributed by atoms with Crippen LogP contribution in [0.5, 0.6) is 0 Å². The van der Waals surface area contributed by atoms with Crippen molar-refractivity contribution < 1.29 is 9.53 Å². The number of hydrogen-bond donors (Lipinski definition) is 1. The number of esters is 1. The first-order valence-corrected chi connectivity index (χ1v) is 9.08. The smallest absolute Gasteiger partial charge is 0.328 e. The molecule has 0 amide bonds. The number of carbonyl (C=O) groups excluding carboxylic acids is 1. The number of nitrogens with one attached hydrogen (secondary N) is 1. The summed E-state index contributed by atoms with van der Waals surface area (Å²) in [7, 11) is 0. The lowest BCUT2D eigenvalue weighted by molar-refractivity contribution is -0.144. The number of ether oxygens (including phenoxy) is 1. The molecule has 2 unspecified atom stereocenters. The zero-order valence-electron chi connectivity index (χ0n) is 15.2. The maximum Gasteiger partial charge on any atom is 0.328 e. The van der Waals surface area contributed by atoms with Gasteiger partial charge in [-0.05, 0) is 74.6 Å². The van der Waals surface area contributed by atoms with Gasteiger partial charge in [-0.15, -0.1) is 0 Å². The average molecular weight is 358 g/mol. The predicted octanol–water partition coefficient (Wildman–Crippen LogP) is 5.14. The van der Waals surface area contributed by atoms with E-state index in [1.165, 1.54) is 22.3 Å². The van der Waals surface area contributed by atoms with Gasteiger partial charge in [0, 0.05) is 16.6 Å². The number of fused-ring (bicyclic) bond motifs is 1. The normalized spacial score (nSPS) is 19.1. The number of anilines is 1. The molecule has 1 N–H and O–H groups in total. The van der Waals surface area contributed by atoms with E-state index in [9.17, 15) is 4.79 Å². The Balaban J connectivity index is 2.11. The minimum atomic E-state index is -0.348. The summed E-state index contributed by atoms with van der Waals surface area (Å²) < 4.78 is 5.26. The van der Waals surface area contributed by atoms with E-state index >= 15 is 0 Å². The lowest BCUT2D eigenvalue weighted by Gasteiger charge is -2.34. The van der Waals surface area contributed by atoms with Crippen molar-refractivity contribution >= 4 is 23.3 Å². The van der Waals surface area contributed by atoms with Crippen LogP contribution < -0.4 is 5.32 Å². The van der Waals surface area contributed by atoms with Crippen LogP contribution in [0.1, 0.15) is 47.1 Å². The molecule has 4 heteroatoms. The molecule has 3 nitrogen and oxygen atoms in total. The Bertz CT molecular complexity index is 793. The summed E-state index contributed by atoms with van der Waals surface area (Å²) in [4.78, 5) is 12.4. The maximum atomic E-state index is 12.4. The van der Waals surface area contributed by atoms with Gasteiger partial charge in [0.2, 0.25) is 0 Å². The standard InChI is InChI=1S/C21H24ClNO2/c1-5-25-21(24)19-11-17(16-10-15(22)6-7-18(16)23-19)20-13(3)8-12(2)9-14(20)4/h6-10,17,19,23H,5,11H2,1-4H3. The second-order valence-electron chi connectivity index (χ2n) is 6.78. The molecule has 2 atom stereocenters. The number of benzene rings is 2. The van der Waals surface area contributed by atoms with Gasteiger partial charge in [-0.1, -0.05) is 29.3 Å². The third kappa shape index (κ3) is 3.52. The van der Waals surface area contributed by atoms with E-state index in [0.717, 1.165) is 11.3 Å². The van der Waals surface area contributed by atoms with Crippen LogP contribution in [0.4, 0.5) is 5.69 Å². The first-order valence-electron chi connectivity index (χ1n) is 8.71. The van der Waals surface area contributed by atoms with Crippen molar-refractivity contribution in [3.8, 4) is 0 Å². The van der Waals surface area contributed by atoms with Gasteiger partial charge < -0.3 is 10.1 Å². The highest BCUT2D eigenvalue weighted by atomic mass is 35.5. The maximum absolute atomic E-state index is 12.4. The van der Waals surface area contributed by atoms with Crippen LogP contribution in [0.3, 0.4) is 0 Å². The van der Waals surface area contributed by atoms with Crippen molar-refractivity contribution in [2.24, 2.45) is 0 Å². The number of hydrogen-bond acceptors (Lipinski definition) is 3. The fraction of sp³-hybridized carbons (Fsp3) is 0.381. The molecule has 0 spiro atoms. The van der Waals surface area contributed by atoms with Crippen LogP contribution in [-0.2, 0) is 9.53 Å². The Morgan fingerprint density at radius 2 is 1.88 bits per heavy atom. The summed E-state index contributed by atoms with van der Waals surface area (Å²) in [5.41, 5.74) is 7.13. The van der Waals surface area contributed by atoms with E-state index in [-0.39, 0.29) is 17.9 Å². The molecule has 0 saturated heterocycles. The highest BCUT2D eigenvalue weighted by molar-refractivity contribution is 6.30. The zero-order chi connectivity index (χ0) is 18.1. The molecular formula is C21H24ClNO2. The summed E-state index contributed by atoms with van der Waals surface area (Å²) in [6.45, 7) is 8.61. The molecule has 0 aliphatic carbocycles. The lowest BCUT2D eigenvalue weighted by Crippen LogP contribution is -2.37. The van der Waals surface area contributed by atoms with Crippen LogP contribution in [0.2, 0.25) is 5.02 Å². The quantitative estimate of drug-likeness (QED) is 0.772. The molecule has 0 aromatic heterocycles. The van der Waals surface area contributed by atoms with Gasteiger partial charge in [-0.3, -0.25) is 0 Å². The molecule has 1 aliphatic heterocycles. The van der Waals surface area contributed by atoms with Gasteiger partial charge in [0.1, 0.15) is 6.04 Å². The minimum absolute atomic E-state index is 0.116. The zero-order valence-corrected chi connectivity index (χ0v) is 15.9.